The molecule has 1 aromatic carbocycles. The molecule has 2 rings (SSSR count). The zero-order chi connectivity index (χ0) is 17.5. The van der Waals surface area contributed by atoms with Crippen molar-refractivity contribution in [2.45, 2.75) is 32.6 Å². The van der Waals surface area contributed by atoms with Gasteiger partial charge in [0.15, 0.2) is 0 Å². The van der Waals surface area contributed by atoms with Crippen LogP contribution in [0.1, 0.15) is 31.7 Å². The Labute approximate surface area is 142 Å². The van der Waals surface area contributed by atoms with E-state index >= 15 is 0 Å². The molecule has 0 spiro atoms. The molecule has 0 saturated carbocycles. The van der Waals surface area contributed by atoms with Gasteiger partial charge in [-0.1, -0.05) is 13.3 Å². The van der Waals surface area contributed by atoms with Gasteiger partial charge in [0.25, 0.3) is 0 Å². The normalized spacial score (nSPS) is 14.6. The predicted molar refractivity (Wildman–Crippen MR) is 89.3 cm³/mol. The van der Waals surface area contributed by atoms with Crippen LogP contribution in [0.4, 0.5) is 4.39 Å². The molecular formula is C18H25FN2O3. The molecule has 0 bridgehead atoms. The molecule has 132 valence electrons. The van der Waals surface area contributed by atoms with Crippen LogP contribution in [0, 0.1) is 5.82 Å². The Morgan fingerprint density at radius 2 is 1.75 bits per heavy atom. The van der Waals surface area contributed by atoms with Gasteiger partial charge in [-0.25, -0.2) is 4.39 Å². The van der Waals surface area contributed by atoms with E-state index in [4.69, 9.17) is 4.74 Å². The largest absolute Gasteiger partial charge is 0.496 e. The lowest BCUT2D eigenvalue weighted by Crippen LogP contribution is -2.51. The lowest BCUT2D eigenvalue weighted by atomic mass is 10.1. The zero-order valence-corrected chi connectivity index (χ0v) is 14.4. The minimum absolute atomic E-state index is 0.0699. The number of halogens is 1. The SMILES string of the molecule is CCCCC(=O)N1CCN(C(=O)Cc2cc(F)ccc2OC)CC1. The first kappa shape index (κ1) is 18.2. The number of piperazine rings is 1. The zero-order valence-electron chi connectivity index (χ0n) is 14.4. The number of carbonyl (C=O) groups is 2. The third-order valence-electron chi connectivity index (χ3n) is 4.31. The Morgan fingerprint density at radius 3 is 2.33 bits per heavy atom. The average molecular weight is 336 g/mol. The number of carbonyl (C=O) groups excluding carboxylic acids is 2. The highest BCUT2D eigenvalue weighted by atomic mass is 19.1. The van der Waals surface area contributed by atoms with E-state index in [0.29, 0.717) is 43.9 Å². The second kappa shape index (κ2) is 8.66. The van der Waals surface area contributed by atoms with Crippen molar-refractivity contribution < 1.29 is 18.7 Å². The quantitative estimate of drug-likeness (QED) is 0.800. The van der Waals surface area contributed by atoms with Crippen molar-refractivity contribution in [2.75, 3.05) is 33.3 Å². The number of hydrogen-bond acceptors (Lipinski definition) is 3. The van der Waals surface area contributed by atoms with Crippen LogP contribution in [-0.4, -0.2) is 54.9 Å². The molecular weight excluding hydrogens is 311 g/mol. The number of hydrogen-bond donors (Lipinski definition) is 0. The Kier molecular flexibility index (Phi) is 6.58. The predicted octanol–water partition coefficient (Wildman–Crippen LogP) is 2.24. The molecule has 1 heterocycles. The van der Waals surface area contributed by atoms with Gasteiger partial charge in [-0.3, -0.25) is 9.59 Å². The van der Waals surface area contributed by atoms with Crippen molar-refractivity contribution in [1.82, 2.24) is 9.80 Å². The van der Waals surface area contributed by atoms with E-state index in [2.05, 4.69) is 6.92 Å². The molecule has 24 heavy (non-hydrogen) atoms. The molecule has 0 atom stereocenters. The molecule has 0 N–H and O–H groups in total. The number of ether oxygens (including phenoxy) is 1. The first-order chi connectivity index (χ1) is 11.5. The maximum absolute atomic E-state index is 13.4. The average Bonchev–Trinajstić information content (AvgIpc) is 2.60. The summed E-state index contributed by atoms with van der Waals surface area (Å²) >= 11 is 0. The topological polar surface area (TPSA) is 49.9 Å². The van der Waals surface area contributed by atoms with E-state index in [1.54, 1.807) is 4.90 Å². The smallest absolute Gasteiger partial charge is 0.227 e. The van der Waals surface area contributed by atoms with Gasteiger partial charge in [0.1, 0.15) is 11.6 Å². The minimum atomic E-state index is -0.384. The molecule has 1 aliphatic heterocycles. The fraction of sp³-hybridized carbons (Fsp3) is 0.556. The molecule has 0 unspecified atom stereocenters. The fourth-order valence-corrected chi connectivity index (χ4v) is 2.85. The molecule has 1 saturated heterocycles. The van der Waals surface area contributed by atoms with Crippen LogP contribution in [0.5, 0.6) is 5.75 Å². The summed E-state index contributed by atoms with van der Waals surface area (Å²) in [6, 6.07) is 4.18. The highest BCUT2D eigenvalue weighted by molar-refractivity contribution is 5.80. The summed E-state index contributed by atoms with van der Waals surface area (Å²) in [7, 11) is 1.50. The molecule has 6 heteroatoms. The second-order valence-corrected chi connectivity index (χ2v) is 6.00. The van der Waals surface area contributed by atoms with E-state index in [1.807, 2.05) is 4.90 Å². The lowest BCUT2D eigenvalue weighted by Gasteiger charge is -2.35. The summed E-state index contributed by atoms with van der Waals surface area (Å²) in [5.41, 5.74) is 0.545. The molecule has 2 amide bonds. The monoisotopic (exact) mass is 336 g/mol. The van der Waals surface area contributed by atoms with Crippen LogP contribution < -0.4 is 4.74 Å². The Balaban J connectivity index is 1.89. The van der Waals surface area contributed by atoms with E-state index < -0.39 is 0 Å². The standard InChI is InChI=1S/C18H25FN2O3/c1-3-4-5-17(22)20-8-10-21(11-9-20)18(23)13-14-12-15(19)6-7-16(14)24-2/h6-7,12H,3-5,8-11,13H2,1-2H3. The molecule has 0 radical (unpaired) electrons. The fourth-order valence-electron chi connectivity index (χ4n) is 2.85. The third-order valence-corrected chi connectivity index (χ3v) is 4.31. The van der Waals surface area contributed by atoms with Crippen molar-refractivity contribution in [3.63, 3.8) is 0 Å². The first-order valence-electron chi connectivity index (χ1n) is 8.43. The van der Waals surface area contributed by atoms with Gasteiger partial charge in [-0.2, -0.15) is 0 Å². The molecule has 1 aromatic rings. The Bertz CT molecular complexity index is 584. The van der Waals surface area contributed by atoms with Crippen LogP contribution >= 0.6 is 0 Å². The first-order valence-corrected chi connectivity index (χ1v) is 8.43. The van der Waals surface area contributed by atoms with Gasteiger partial charge in [-0.05, 0) is 24.6 Å². The van der Waals surface area contributed by atoms with E-state index in [-0.39, 0.29) is 24.1 Å². The number of benzene rings is 1. The van der Waals surface area contributed by atoms with Gasteiger partial charge in [0, 0.05) is 38.2 Å². The maximum Gasteiger partial charge on any atom is 0.227 e. The van der Waals surface area contributed by atoms with Gasteiger partial charge in [-0.15, -0.1) is 0 Å². The van der Waals surface area contributed by atoms with E-state index in [0.717, 1.165) is 12.8 Å². The van der Waals surface area contributed by atoms with Crippen molar-refractivity contribution in [3.05, 3.63) is 29.6 Å². The number of rotatable bonds is 6. The Hall–Kier alpha value is -2.11. The number of amides is 2. The van der Waals surface area contributed by atoms with Crippen molar-refractivity contribution in [3.8, 4) is 5.75 Å². The Morgan fingerprint density at radius 1 is 1.12 bits per heavy atom. The molecule has 5 nitrogen and oxygen atoms in total. The summed E-state index contributed by atoms with van der Waals surface area (Å²) in [5.74, 6) is 0.221. The summed E-state index contributed by atoms with van der Waals surface area (Å²) < 4.78 is 18.6. The van der Waals surface area contributed by atoms with Crippen molar-refractivity contribution in [1.29, 1.82) is 0 Å². The van der Waals surface area contributed by atoms with Crippen molar-refractivity contribution in [2.24, 2.45) is 0 Å². The molecule has 1 fully saturated rings. The van der Waals surface area contributed by atoms with Crippen LogP contribution in [-0.2, 0) is 16.0 Å². The third kappa shape index (κ3) is 4.69. The van der Waals surface area contributed by atoms with Crippen LogP contribution in [0.2, 0.25) is 0 Å². The summed E-state index contributed by atoms with van der Waals surface area (Å²) in [6.45, 7) is 4.23. The molecule has 0 aliphatic carbocycles. The highest BCUT2D eigenvalue weighted by Gasteiger charge is 2.24. The highest BCUT2D eigenvalue weighted by Crippen LogP contribution is 2.21. The van der Waals surface area contributed by atoms with Crippen molar-refractivity contribution >= 4 is 11.8 Å². The number of unbranched alkanes of at least 4 members (excludes halogenated alkanes) is 1. The number of nitrogens with zero attached hydrogens (tertiary/aromatic N) is 2. The summed E-state index contributed by atoms with van der Waals surface area (Å²) in [4.78, 5) is 28.0. The molecule has 0 aromatic heterocycles. The van der Waals surface area contributed by atoms with Gasteiger partial charge < -0.3 is 14.5 Å². The maximum atomic E-state index is 13.4. The van der Waals surface area contributed by atoms with Gasteiger partial charge in [0.2, 0.25) is 11.8 Å². The second-order valence-electron chi connectivity index (χ2n) is 6.00. The number of methoxy groups -OCH3 is 1. The summed E-state index contributed by atoms with van der Waals surface area (Å²) in [6.07, 6.45) is 2.58. The van der Waals surface area contributed by atoms with Gasteiger partial charge in [0.05, 0.1) is 13.5 Å². The lowest BCUT2D eigenvalue weighted by molar-refractivity contribution is -0.139. The van der Waals surface area contributed by atoms with Gasteiger partial charge >= 0.3 is 0 Å². The van der Waals surface area contributed by atoms with E-state index in [9.17, 15) is 14.0 Å². The van der Waals surface area contributed by atoms with Crippen LogP contribution in [0.3, 0.4) is 0 Å². The van der Waals surface area contributed by atoms with E-state index in [1.165, 1.54) is 25.3 Å². The molecule has 1 aliphatic rings. The minimum Gasteiger partial charge on any atom is -0.496 e. The van der Waals surface area contributed by atoms with Crippen LogP contribution in [0.15, 0.2) is 18.2 Å². The van der Waals surface area contributed by atoms with Crippen LogP contribution in [0.25, 0.3) is 0 Å². The summed E-state index contributed by atoms with van der Waals surface area (Å²) in [5, 5.41) is 0.